The molecule has 0 unspecified atom stereocenters. The monoisotopic (exact) mass is 496 g/mol. The highest BCUT2D eigenvalue weighted by Gasteiger charge is 2.45. The van der Waals surface area contributed by atoms with Gasteiger partial charge in [0.25, 0.3) is 5.91 Å². The van der Waals surface area contributed by atoms with Crippen LogP contribution >= 0.6 is 0 Å². The molecule has 1 aliphatic rings. The molecule has 0 aliphatic heterocycles. The van der Waals surface area contributed by atoms with Gasteiger partial charge in [-0.05, 0) is 84.9 Å². The third-order valence-electron chi connectivity index (χ3n) is 6.64. The molecule has 1 aliphatic carbocycles. The second-order valence-electron chi connectivity index (χ2n) is 9.85. The average molecular weight is 497 g/mol. The first kappa shape index (κ1) is 24.6. The van der Waals surface area contributed by atoms with Gasteiger partial charge < -0.3 is 15.5 Å². The number of nitrogens with one attached hydrogen (secondary N) is 2. The number of amides is 2. The number of benzene rings is 3. The lowest BCUT2D eigenvalue weighted by Crippen LogP contribution is -2.23. The van der Waals surface area contributed by atoms with Crippen molar-refractivity contribution in [2.24, 2.45) is 5.92 Å². The van der Waals surface area contributed by atoms with E-state index >= 15 is 0 Å². The summed E-state index contributed by atoms with van der Waals surface area (Å²) in [4.78, 5) is 31.9. The van der Waals surface area contributed by atoms with Crippen molar-refractivity contribution in [2.45, 2.75) is 25.4 Å². The lowest BCUT2D eigenvalue weighted by Gasteiger charge is -2.12. The van der Waals surface area contributed by atoms with Gasteiger partial charge in [-0.25, -0.2) is 4.39 Å². The second kappa shape index (κ2) is 10.5. The zero-order valence-electron chi connectivity index (χ0n) is 20.9. The van der Waals surface area contributed by atoms with Crippen LogP contribution in [0.25, 0.3) is 10.8 Å². The molecular weight excluding hydrogens is 467 g/mol. The van der Waals surface area contributed by atoms with Gasteiger partial charge in [0, 0.05) is 48.0 Å². The molecule has 0 saturated heterocycles. The summed E-state index contributed by atoms with van der Waals surface area (Å²) in [5, 5.41) is 7.84. The van der Waals surface area contributed by atoms with Gasteiger partial charge in [0.2, 0.25) is 5.91 Å². The van der Waals surface area contributed by atoms with E-state index in [1.54, 1.807) is 18.5 Å². The highest BCUT2D eigenvalue weighted by molar-refractivity contribution is 5.98. The molecule has 5 rings (SSSR count). The maximum Gasteiger partial charge on any atom is 0.251 e. The number of anilines is 1. The first-order chi connectivity index (χ1) is 17.9. The number of carbonyl (C=O) groups excluding carboxylic acids is 2. The van der Waals surface area contributed by atoms with E-state index in [0.717, 1.165) is 22.9 Å². The zero-order valence-corrected chi connectivity index (χ0v) is 20.9. The van der Waals surface area contributed by atoms with Crippen molar-refractivity contribution >= 4 is 28.3 Å². The van der Waals surface area contributed by atoms with Gasteiger partial charge in [-0.1, -0.05) is 30.3 Å². The van der Waals surface area contributed by atoms with Crippen molar-refractivity contribution in [3.63, 3.8) is 0 Å². The van der Waals surface area contributed by atoms with E-state index in [2.05, 4.69) is 32.7 Å². The molecule has 3 aromatic carbocycles. The SMILES string of the molecule is CN(C)Cc1cccc(CNC(=O)c2ccc(F)c([C@@H]3C[C@H]3C(=O)Nc3ccc4cnccc4c3)c2)c1. The van der Waals surface area contributed by atoms with Gasteiger partial charge in [0.1, 0.15) is 5.82 Å². The molecule has 0 spiro atoms. The van der Waals surface area contributed by atoms with Gasteiger partial charge in [-0.2, -0.15) is 0 Å². The van der Waals surface area contributed by atoms with Crippen molar-refractivity contribution < 1.29 is 14.0 Å². The molecule has 37 heavy (non-hydrogen) atoms. The van der Waals surface area contributed by atoms with E-state index in [-0.39, 0.29) is 23.7 Å². The van der Waals surface area contributed by atoms with Crippen LogP contribution in [0, 0.1) is 11.7 Å². The number of hydrogen-bond donors (Lipinski definition) is 2. The summed E-state index contributed by atoms with van der Waals surface area (Å²) in [5.41, 5.74) is 3.65. The lowest BCUT2D eigenvalue weighted by atomic mass is 10.0. The zero-order chi connectivity index (χ0) is 25.9. The molecule has 1 saturated carbocycles. The summed E-state index contributed by atoms with van der Waals surface area (Å²) in [7, 11) is 4.02. The second-order valence-corrected chi connectivity index (χ2v) is 9.85. The Bertz CT molecular complexity index is 1470. The predicted molar refractivity (Wildman–Crippen MR) is 143 cm³/mol. The molecule has 2 atom stereocenters. The van der Waals surface area contributed by atoms with E-state index in [1.807, 2.05) is 50.5 Å². The Balaban J connectivity index is 1.22. The minimum Gasteiger partial charge on any atom is -0.348 e. The van der Waals surface area contributed by atoms with Crippen LogP contribution in [-0.2, 0) is 17.9 Å². The summed E-state index contributed by atoms with van der Waals surface area (Å²) in [6, 6.07) is 20.0. The molecule has 0 radical (unpaired) electrons. The fourth-order valence-electron chi connectivity index (χ4n) is 4.68. The Hall–Kier alpha value is -4.10. The smallest absolute Gasteiger partial charge is 0.251 e. The van der Waals surface area contributed by atoms with Crippen LogP contribution in [0.15, 0.2) is 79.1 Å². The molecule has 2 N–H and O–H groups in total. The van der Waals surface area contributed by atoms with E-state index in [1.165, 1.54) is 17.7 Å². The van der Waals surface area contributed by atoms with Gasteiger partial charge >= 0.3 is 0 Å². The van der Waals surface area contributed by atoms with E-state index in [4.69, 9.17) is 0 Å². The summed E-state index contributed by atoms with van der Waals surface area (Å²) in [6.07, 6.45) is 4.02. The molecule has 0 bridgehead atoms. The molecule has 188 valence electrons. The fourth-order valence-corrected chi connectivity index (χ4v) is 4.68. The Kier molecular flexibility index (Phi) is 6.97. The van der Waals surface area contributed by atoms with Crippen molar-refractivity contribution in [3.8, 4) is 0 Å². The summed E-state index contributed by atoms with van der Waals surface area (Å²) in [6.45, 7) is 1.20. The minimum atomic E-state index is -0.397. The predicted octanol–water partition coefficient (Wildman–Crippen LogP) is 5.11. The molecule has 6 nitrogen and oxygen atoms in total. The maximum absolute atomic E-state index is 14.7. The van der Waals surface area contributed by atoms with E-state index < -0.39 is 5.82 Å². The number of pyridine rings is 1. The summed E-state index contributed by atoms with van der Waals surface area (Å²) in [5.74, 6) is -1.40. The van der Waals surface area contributed by atoms with Crippen molar-refractivity contribution in [2.75, 3.05) is 19.4 Å². The molecule has 4 aromatic rings. The number of aromatic nitrogens is 1. The van der Waals surface area contributed by atoms with Crippen molar-refractivity contribution in [1.82, 2.24) is 15.2 Å². The number of nitrogens with zero attached hydrogens (tertiary/aromatic N) is 2. The topological polar surface area (TPSA) is 74.3 Å². The third kappa shape index (κ3) is 5.84. The standard InChI is InChI=1S/C30H29FN4O2/c1-35(2)18-20-5-3-4-19(12-20)16-33-29(36)22-7-9-28(31)26(14-22)25-15-27(25)30(37)34-24-8-6-23-17-32-11-10-21(23)13-24/h3-14,17,25,27H,15-16,18H2,1-2H3,(H,33,36)(H,34,37)/t25-,27+/m0/s1. The van der Waals surface area contributed by atoms with Gasteiger partial charge in [0.05, 0.1) is 0 Å². The molecule has 1 aromatic heterocycles. The fraction of sp³-hybridized carbons (Fsp3) is 0.233. The normalized spacial score (nSPS) is 16.5. The van der Waals surface area contributed by atoms with Crippen molar-refractivity contribution in [1.29, 1.82) is 0 Å². The third-order valence-corrected chi connectivity index (χ3v) is 6.64. The van der Waals surface area contributed by atoms with Gasteiger partial charge in [-0.3, -0.25) is 14.6 Å². The first-order valence-electron chi connectivity index (χ1n) is 12.3. The average Bonchev–Trinajstić information content (AvgIpc) is 3.68. The molecule has 1 fully saturated rings. The van der Waals surface area contributed by atoms with Crippen LogP contribution < -0.4 is 10.6 Å². The Morgan fingerprint density at radius 2 is 1.84 bits per heavy atom. The number of rotatable bonds is 8. The van der Waals surface area contributed by atoms with Crippen LogP contribution in [-0.4, -0.2) is 35.8 Å². The Labute approximate surface area is 215 Å². The number of hydrogen-bond acceptors (Lipinski definition) is 4. The van der Waals surface area contributed by atoms with E-state index in [9.17, 15) is 14.0 Å². The number of fused-ring (bicyclic) bond motifs is 1. The largest absolute Gasteiger partial charge is 0.348 e. The van der Waals surface area contributed by atoms with Crippen molar-refractivity contribution in [3.05, 3.63) is 107 Å². The number of halogens is 1. The lowest BCUT2D eigenvalue weighted by molar-refractivity contribution is -0.117. The summed E-state index contributed by atoms with van der Waals surface area (Å²) < 4.78 is 14.7. The van der Waals surface area contributed by atoms with Gasteiger partial charge in [-0.15, -0.1) is 0 Å². The molecule has 1 heterocycles. The Morgan fingerprint density at radius 3 is 2.68 bits per heavy atom. The van der Waals surface area contributed by atoms with E-state index in [0.29, 0.717) is 29.8 Å². The Morgan fingerprint density at radius 1 is 1.00 bits per heavy atom. The minimum absolute atomic E-state index is 0.148. The van der Waals surface area contributed by atoms with Crippen LogP contribution in [0.1, 0.15) is 39.4 Å². The van der Waals surface area contributed by atoms with Crippen LogP contribution in [0.3, 0.4) is 0 Å². The van der Waals surface area contributed by atoms with Crippen LogP contribution in [0.2, 0.25) is 0 Å². The maximum atomic E-state index is 14.7. The molecule has 7 heteroatoms. The van der Waals surface area contributed by atoms with Crippen LogP contribution in [0.4, 0.5) is 10.1 Å². The summed E-state index contributed by atoms with van der Waals surface area (Å²) >= 11 is 0. The molecule has 2 amide bonds. The highest BCUT2D eigenvalue weighted by Crippen LogP contribution is 2.49. The van der Waals surface area contributed by atoms with Crippen LogP contribution in [0.5, 0.6) is 0 Å². The molecular formula is C30H29FN4O2. The first-order valence-corrected chi connectivity index (χ1v) is 12.3. The quantitative estimate of drug-likeness (QED) is 0.356. The van der Waals surface area contributed by atoms with Gasteiger partial charge in [0.15, 0.2) is 0 Å². The number of carbonyl (C=O) groups is 2. The highest BCUT2D eigenvalue weighted by atomic mass is 19.1.